The van der Waals surface area contributed by atoms with Crippen LogP contribution < -0.4 is 9.80 Å². The summed E-state index contributed by atoms with van der Waals surface area (Å²) in [5.41, 5.74) is 1.34. The van der Waals surface area contributed by atoms with Gasteiger partial charge in [0.05, 0.1) is 12.2 Å². The summed E-state index contributed by atoms with van der Waals surface area (Å²) in [5, 5.41) is 0. The molecule has 4 fully saturated rings. The minimum Gasteiger partial charge on any atom is -0.365 e. The molecule has 1 spiro atoms. The van der Waals surface area contributed by atoms with Gasteiger partial charge in [0.25, 0.3) is 6.43 Å². The van der Waals surface area contributed by atoms with Crippen molar-refractivity contribution in [1.82, 2.24) is 14.8 Å². The van der Waals surface area contributed by atoms with Gasteiger partial charge >= 0.3 is 0 Å². The van der Waals surface area contributed by atoms with E-state index in [4.69, 9.17) is 9.47 Å². The van der Waals surface area contributed by atoms with Crippen molar-refractivity contribution in [1.29, 1.82) is 0 Å². The van der Waals surface area contributed by atoms with Crippen molar-refractivity contribution in [3.63, 3.8) is 0 Å². The number of carbonyl (C=O) groups excluding carboxylic acids is 1. The zero-order valence-electron chi connectivity index (χ0n) is 21.6. The number of alkyl halides is 2. The Morgan fingerprint density at radius 1 is 1.19 bits per heavy atom. The molecule has 0 bridgehead atoms. The van der Waals surface area contributed by atoms with E-state index in [-0.39, 0.29) is 23.5 Å². The number of anilines is 2. The van der Waals surface area contributed by atoms with Gasteiger partial charge in [-0.1, -0.05) is 6.58 Å². The lowest BCUT2D eigenvalue weighted by molar-refractivity contribution is -0.128. The highest BCUT2D eigenvalue weighted by atomic mass is 19.3. The van der Waals surface area contributed by atoms with Gasteiger partial charge in [-0.2, -0.15) is 0 Å². The summed E-state index contributed by atoms with van der Waals surface area (Å²) < 4.78 is 40.3. The standard InChI is InChI=1S/C27H37F2N5O3/c1-3-24(35)33-13-11-31(12-14-33)22-16-34-20(22)6-4-5-19-21(34)15-23(30-25(19)26(28)29)32-9-7-27(8-10-32)17-36-18(2)37-27/h3,15,18,20,22,26H,1,4-14,16-17H2,2H3. The molecule has 10 heteroatoms. The zero-order chi connectivity index (χ0) is 25.7. The number of fused-ring (bicyclic) bond motifs is 3. The summed E-state index contributed by atoms with van der Waals surface area (Å²) in [6, 6.07) is 2.75. The number of piperazine rings is 1. The predicted octanol–water partition coefficient (Wildman–Crippen LogP) is 2.97. The lowest BCUT2D eigenvalue weighted by atomic mass is 9.90. The van der Waals surface area contributed by atoms with Gasteiger partial charge in [0.15, 0.2) is 6.29 Å². The van der Waals surface area contributed by atoms with Crippen LogP contribution in [-0.4, -0.2) is 97.1 Å². The van der Waals surface area contributed by atoms with Crippen LogP contribution >= 0.6 is 0 Å². The highest BCUT2D eigenvalue weighted by molar-refractivity contribution is 5.87. The third kappa shape index (κ3) is 4.51. The van der Waals surface area contributed by atoms with Crippen molar-refractivity contribution in [2.75, 3.05) is 62.2 Å². The first kappa shape index (κ1) is 25.0. The van der Waals surface area contributed by atoms with Crippen LogP contribution in [0.4, 0.5) is 20.3 Å². The van der Waals surface area contributed by atoms with Gasteiger partial charge < -0.3 is 24.2 Å². The largest absolute Gasteiger partial charge is 0.365 e. The van der Waals surface area contributed by atoms with E-state index in [0.717, 1.165) is 56.6 Å². The molecule has 1 aromatic rings. The summed E-state index contributed by atoms with van der Waals surface area (Å²) in [6.45, 7) is 11.4. The van der Waals surface area contributed by atoms with Crippen LogP contribution in [0.2, 0.25) is 0 Å². The number of amides is 1. The number of carbonyl (C=O) groups is 1. The number of ether oxygens (including phenoxy) is 2. The molecular weight excluding hydrogens is 480 g/mol. The van der Waals surface area contributed by atoms with Crippen molar-refractivity contribution in [2.45, 2.75) is 69.4 Å². The first-order valence-electron chi connectivity index (χ1n) is 13.7. The second-order valence-corrected chi connectivity index (χ2v) is 11.1. The molecule has 37 heavy (non-hydrogen) atoms. The number of hydrogen-bond donors (Lipinski definition) is 0. The molecule has 3 atom stereocenters. The van der Waals surface area contributed by atoms with Crippen LogP contribution in [0, 0.1) is 0 Å². The summed E-state index contributed by atoms with van der Waals surface area (Å²) >= 11 is 0. The van der Waals surface area contributed by atoms with E-state index >= 15 is 0 Å². The summed E-state index contributed by atoms with van der Waals surface area (Å²) in [6.07, 6.45) is 2.68. The SMILES string of the molecule is C=CC(=O)N1CCN(C2CN3c4cc(N5CCC6(CC5)COC(C)O6)nc(C(F)F)c4CCCC23)CC1. The fraction of sp³-hybridized carbons (Fsp3) is 0.704. The first-order valence-corrected chi connectivity index (χ1v) is 13.7. The van der Waals surface area contributed by atoms with Crippen molar-refractivity contribution in [3.8, 4) is 0 Å². The van der Waals surface area contributed by atoms with Gasteiger partial charge in [0, 0.05) is 75.2 Å². The molecule has 0 aliphatic carbocycles. The van der Waals surface area contributed by atoms with Gasteiger partial charge in [-0.3, -0.25) is 9.69 Å². The molecule has 1 aromatic heterocycles. The van der Waals surface area contributed by atoms with Gasteiger partial charge in [-0.25, -0.2) is 13.8 Å². The van der Waals surface area contributed by atoms with Gasteiger partial charge in [-0.15, -0.1) is 0 Å². The number of aromatic nitrogens is 1. The van der Waals surface area contributed by atoms with E-state index in [1.807, 2.05) is 11.8 Å². The number of nitrogens with zero attached hydrogens (tertiary/aromatic N) is 5. The third-order valence-corrected chi connectivity index (χ3v) is 9.06. The van der Waals surface area contributed by atoms with Crippen LogP contribution in [-0.2, 0) is 20.7 Å². The van der Waals surface area contributed by atoms with E-state index in [0.29, 0.717) is 57.1 Å². The lowest BCUT2D eigenvalue weighted by Crippen LogP contribution is -2.69. The number of hydrogen-bond acceptors (Lipinski definition) is 7. The lowest BCUT2D eigenvalue weighted by Gasteiger charge is -2.55. The molecule has 0 aromatic carbocycles. The van der Waals surface area contributed by atoms with Crippen molar-refractivity contribution in [3.05, 3.63) is 30.0 Å². The van der Waals surface area contributed by atoms with Crippen molar-refractivity contribution in [2.24, 2.45) is 0 Å². The second-order valence-electron chi connectivity index (χ2n) is 11.1. The van der Waals surface area contributed by atoms with E-state index < -0.39 is 6.43 Å². The maximum Gasteiger partial charge on any atom is 0.280 e. The van der Waals surface area contributed by atoms with E-state index in [2.05, 4.69) is 32.3 Å². The predicted molar refractivity (Wildman–Crippen MR) is 136 cm³/mol. The maximum atomic E-state index is 14.3. The van der Waals surface area contributed by atoms with Crippen LogP contribution in [0.3, 0.4) is 0 Å². The number of rotatable bonds is 4. The quantitative estimate of drug-likeness (QED) is 0.569. The maximum absolute atomic E-state index is 14.3. The number of halogens is 2. The smallest absolute Gasteiger partial charge is 0.280 e. The molecule has 5 aliphatic rings. The Kier molecular flexibility index (Phi) is 6.61. The minimum absolute atomic E-state index is 0.0111. The summed E-state index contributed by atoms with van der Waals surface area (Å²) in [7, 11) is 0. The topological polar surface area (TPSA) is 61.4 Å². The molecule has 6 heterocycles. The van der Waals surface area contributed by atoms with E-state index in [1.54, 1.807) is 0 Å². The summed E-state index contributed by atoms with van der Waals surface area (Å²) in [5.74, 6) is 0.638. The van der Waals surface area contributed by atoms with Crippen LogP contribution in [0.15, 0.2) is 18.7 Å². The fourth-order valence-electron chi connectivity index (χ4n) is 6.92. The first-order chi connectivity index (χ1) is 17.9. The van der Waals surface area contributed by atoms with Crippen LogP contribution in [0.25, 0.3) is 0 Å². The van der Waals surface area contributed by atoms with Crippen LogP contribution in [0.5, 0.6) is 0 Å². The molecule has 6 rings (SSSR count). The monoisotopic (exact) mass is 517 g/mol. The molecule has 3 unspecified atom stereocenters. The summed E-state index contributed by atoms with van der Waals surface area (Å²) in [4.78, 5) is 25.3. The molecule has 1 amide bonds. The molecule has 0 N–H and O–H groups in total. The Balaban J connectivity index is 1.20. The molecule has 0 radical (unpaired) electrons. The molecular formula is C27H37F2N5O3. The Morgan fingerprint density at radius 2 is 1.95 bits per heavy atom. The Morgan fingerprint density at radius 3 is 2.59 bits per heavy atom. The van der Waals surface area contributed by atoms with Gasteiger partial charge in [0.2, 0.25) is 5.91 Å². The number of piperidine rings is 1. The second kappa shape index (κ2) is 9.78. The molecule has 0 saturated carbocycles. The Hall–Kier alpha value is -2.30. The third-order valence-electron chi connectivity index (χ3n) is 9.06. The highest BCUT2D eigenvalue weighted by Crippen LogP contribution is 2.43. The minimum atomic E-state index is -2.60. The highest BCUT2D eigenvalue weighted by Gasteiger charge is 2.46. The molecule has 202 valence electrons. The van der Waals surface area contributed by atoms with Crippen molar-refractivity contribution < 1.29 is 23.0 Å². The Bertz CT molecular complexity index is 1040. The van der Waals surface area contributed by atoms with Crippen LogP contribution in [0.1, 0.15) is 50.3 Å². The van der Waals surface area contributed by atoms with E-state index in [9.17, 15) is 13.6 Å². The number of pyridine rings is 1. The van der Waals surface area contributed by atoms with Gasteiger partial charge in [-0.05, 0) is 45.1 Å². The zero-order valence-corrected chi connectivity index (χ0v) is 21.6. The Labute approximate surface area is 217 Å². The average molecular weight is 518 g/mol. The molecule has 8 nitrogen and oxygen atoms in total. The molecule has 5 aliphatic heterocycles. The van der Waals surface area contributed by atoms with Gasteiger partial charge in [0.1, 0.15) is 11.5 Å². The van der Waals surface area contributed by atoms with E-state index in [1.165, 1.54) is 6.08 Å². The normalized spacial score (nSPS) is 29.6. The van der Waals surface area contributed by atoms with Crippen molar-refractivity contribution >= 4 is 17.4 Å². The molecule has 4 saturated heterocycles. The average Bonchev–Trinajstić information content (AvgIpc) is 3.18. The fourth-order valence-corrected chi connectivity index (χ4v) is 6.92.